The van der Waals surface area contributed by atoms with Gasteiger partial charge in [-0.1, -0.05) is 29.4 Å². The number of pyridine rings is 1. The number of amidine groups is 1. The van der Waals surface area contributed by atoms with Gasteiger partial charge in [0.15, 0.2) is 5.17 Å². The molecule has 22 heavy (non-hydrogen) atoms. The van der Waals surface area contributed by atoms with Gasteiger partial charge in [-0.05, 0) is 49.7 Å². The van der Waals surface area contributed by atoms with Crippen molar-refractivity contribution in [2.24, 2.45) is 4.99 Å². The number of anilines is 1. The van der Waals surface area contributed by atoms with Crippen LogP contribution in [0.1, 0.15) is 25.5 Å². The summed E-state index contributed by atoms with van der Waals surface area (Å²) in [6.45, 7) is 4.33. The van der Waals surface area contributed by atoms with Crippen LogP contribution in [0, 0.1) is 0 Å². The second kappa shape index (κ2) is 6.71. The fraction of sp³-hybridized carbons (Fsp3) is 0.294. The lowest BCUT2D eigenvalue weighted by molar-refractivity contribution is 0.782. The molecule has 0 spiro atoms. The summed E-state index contributed by atoms with van der Waals surface area (Å²) in [4.78, 5) is 11.3. The van der Waals surface area contributed by atoms with Gasteiger partial charge in [-0.3, -0.25) is 9.98 Å². The molecule has 0 aliphatic carbocycles. The summed E-state index contributed by atoms with van der Waals surface area (Å²) in [5.74, 6) is 1.03. The molecule has 0 saturated heterocycles. The summed E-state index contributed by atoms with van der Waals surface area (Å²) in [6.07, 6.45) is 3.71. The van der Waals surface area contributed by atoms with E-state index in [1.165, 1.54) is 5.56 Å². The van der Waals surface area contributed by atoms with Crippen molar-refractivity contribution < 1.29 is 0 Å². The van der Waals surface area contributed by atoms with Crippen LogP contribution in [0.5, 0.6) is 0 Å². The van der Waals surface area contributed by atoms with Crippen LogP contribution in [-0.2, 0) is 0 Å². The molecule has 0 bridgehead atoms. The molecule has 0 radical (unpaired) electrons. The third-order valence-corrected chi connectivity index (χ3v) is 5.11. The van der Waals surface area contributed by atoms with Gasteiger partial charge in [0.2, 0.25) is 0 Å². The Hall–Kier alpha value is -1.52. The standard InChI is InChI=1S/C17H18ClN3S/c1-12-11-22-17(20-12)21(16-7-5-15(18)6-8-16)13(2)14-4-3-9-19-10-14/h3-10,12-13H,11H2,1-2H3. The van der Waals surface area contributed by atoms with Crippen molar-refractivity contribution in [1.29, 1.82) is 0 Å². The Bertz CT molecular complexity index is 657. The Kier molecular flexibility index (Phi) is 4.69. The van der Waals surface area contributed by atoms with E-state index >= 15 is 0 Å². The van der Waals surface area contributed by atoms with Crippen molar-refractivity contribution in [2.45, 2.75) is 25.9 Å². The highest BCUT2D eigenvalue weighted by Crippen LogP contribution is 2.33. The lowest BCUT2D eigenvalue weighted by Crippen LogP contribution is -2.31. The fourth-order valence-corrected chi connectivity index (χ4v) is 3.71. The number of rotatable bonds is 3. The van der Waals surface area contributed by atoms with Crippen LogP contribution >= 0.6 is 23.4 Å². The molecule has 1 aromatic heterocycles. The van der Waals surface area contributed by atoms with Gasteiger partial charge < -0.3 is 4.90 Å². The zero-order chi connectivity index (χ0) is 15.5. The molecule has 1 aliphatic rings. The highest BCUT2D eigenvalue weighted by atomic mass is 35.5. The quantitative estimate of drug-likeness (QED) is 0.809. The first-order valence-corrected chi connectivity index (χ1v) is 8.67. The van der Waals surface area contributed by atoms with E-state index < -0.39 is 0 Å². The largest absolute Gasteiger partial charge is 0.314 e. The molecule has 5 heteroatoms. The second-order valence-electron chi connectivity index (χ2n) is 5.38. The molecule has 0 N–H and O–H groups in total. The number of aliphatic imine (C=N–C) groups is 1. The Morgan fingerprint density at radius 1 is 1.27 bits per heavy atom. The molecule has 3 rings (SSSR count). The number of aromatic nitrogens is 1. The van der Waals surface area contributed by atoms with E-state index in [0.717, 1.165) is 21.6 Å². The molecule has 2 heterocycles. The first-order chi connectivity index (χ1) is 10.6. The van der Waals surface area contributed by atoms with E-state index in [-0.39, 0.29) is 6.04 Å². The van der Waals surface area contributed by atoms with Crippen molar-refractivity contribution in [3.8, 4) is 0 Å². The normalized spacial score (nSPS) is 18.9. The smallest absolute Gasteiger partial charge is 0.164 e. The third-order valence-electron chi connectivity index (χ3n) is 3.65. The SMILES string of the molecule is CC1CSC(N(c2ccc(Cl)cc2)C(C)c2cccnc2)=N1. The van der Waals surface area contributed by atoms with Crippen LogP contribution in [0.4, 0.5) is 5.69 Å². The van der Waals surface area contributed by atoms with Crippen molar-refractivity contribution in [1.82, 2.24) is 4.98 Å². The summed E-state index contributed by atoms with van der Waals surface area (Å²) in [5.41, 5.74) is 2.27. The average molecular weight is 332 g/mol. The minimum atomic E-state index is 0.159. The van der Waals surface area contributed by atoms with E-state index in [1.54, 1.807) is 18.0 Å². The summed E-state index contributed by atoms with van der Waals surface area (Å²) < 4.78 is 0. The van der Waals surface area contributed by atoms with Crippen LogP contribution in [0.15, 0.2) is 53.8 Å². The monoisotopic (exact) mass is 331 g/mol. The van der Waals surface area contributed by atoms with Crippen molar-refractivity contribution in [3.63, 3.8) is 0 Å². The minimum absolute atomic E-state index is 0.159. The number of nitrogens with zero attached hydrogens (tertiary/aromatic N) is 3. The maximum absolute atomic E-state index is 6.03. The molecule has 2 atom stereocenters. The first-order valence-electron chi connectivity index (χ1n) is 7.30. The molecule has 0 saturated carbocycles. The number of hydrogen-bond donors (Lipinski definition) is 0. The Morgan fingerprint density at radius 2 is 2.05 bits per heavy atom. The topological polar surface area (TPSA) is 28.5 Å². The van der Waals surface area contributed by atoms with Crippen LogP contribution < -0.4 is 4.90 Å². The van der Waals surface area contributed by atoms with E-state index in [1.807, 2.05) is 36.5 Å². The molecule has 3 nitrogen and oxygen atoms in total. The predicted octanol–water partition coefficient (Wildman–Crippen LogP) is 4.79. The van der Waals surface area contributed by atoms with E-state index in [2.05, 4.69) is 29.8 Å². The van der Waals surface area contributed by atoms with Crippen LogP contribution in [0.2, 0.25) is 5.02 Å². The third kappa shape index (κ3) is 3.28. The van der Waals surface area contributed by atoms with Gasteiger partial charge in [-0.25, -0.2) is 0 Å². The number of thioether (sulfide) groups is 1. The first kappa shape index (κ1) is 15.4. The Balaban J connectivity index is 1.99. The molecule has 2 aromatic rings. The number of halogens is 1. The summed E-state index contributed by atoms with van der Waals surface area (Å²) >= 11 is 7.83. The second-order valence-corrected chi connectivity index (χ2v) is 6.80. The summed E-state index contributed by atoms with van der Waals surface area (Å²) in [6, 6.07) is 12.5. The molecular weight excluding hydrogens is 314 g/mol. The van der Waals surface area contributed by atoms with Gasteiger partial charge in [0.05, 0.1) is 12.1 Å². The Morgan fingerprint density at radius 3 is 2.64 bits per heavy atom. The number of benzene rings is 1. The lowest BCUT2D eigenvalue weighted by Gasteiger charge is -2.30. The van der Waals surface area contributed by atoms with E-state index in [9.17, 15) is 0 Å². The molecule has 0 fully saturated rings. The zero-order valence-electron chi connectivity index (χ0n) is 12.6. The van der Waals surface area contributed by atoms with Gasteiger partial charge in [0, 0.05) is 28.9 Å². The van der Waals surface area contributed by atoms with Crippen LogP contribution in [0.25, 0.3) is 0 Å². The number of hydrogen-bond acceptors (Lipinski definition) is 4. The van der Waals surface area contributed by atoms with E-state index in [0.29, 0.717) is 6.04 Å². The summed E-state index contributed by atoms with van der Waals surface area (Å²) in [5, 5.41) is 1.80. The van der Waals surface area contributed by atoms with Gasteiger partial charge in [0.1, 0.15) is 0 Å². The highest BCUT2D eigenvalue weighted by molar-refractivity contribution is 8.14. The highest BCUT2D eigenvalue weighted by Gasteiger charge is 2.26. The summed E-state index contributed by atoms with van der Waals surface area (Å²) in [7, 11) is 0. The average Bonchev–Trinajstić information content (AvgIpc) is 2.96. The molecular formula is C17H18ClN3S. The molecule has 1 aromatic carbocycles. The fourth-order valence-electron chi connectivity index (χ4n) is 2.46. The van der Waals surface area contributed by atoms with Crippen molar-refractivity contribution in [3.05, 3.63) is 59.4 Å². The van der Waals surface area contributed by atoms with Crippen molar-refractivity contribution >= 4 is 34.2 Å². The maximum Gasteiger partial charge on any atom is 0.164 e. The van der Waals surface area contributed by atoms with E-state index in [4.69, 9.17) is 16.6 Å². The lowest BCUT2D eigenvalue weighted by atomic mass is 10.1. The maximum atomic E-state index is 6.03. The minimum Gasteiger partial charge on any atom is -0.314 e. The van der Waals surface area contributed by atoms with Gasteiger partial charge in [-0.2, -0.15) is 0 Å². The molecule has 114 valence electrons. The van der Waals surface area contributed by atoms with Gasteiger partial charge >= 0.3 is 0 Å². The van der Waals surface area contributed by atoms with Crippen LogP contribution in [0.3, 0.4) is 0 Å². The molecule has 0 amide bonds. The molecule has 2 unspecified atom stereocenters. The predicted molar refractivity (Wildman–Crippen MR) is 95.9 cm³/mol. The van der Waals surface area contributed by atoms with Crippen LogP contribution in [-0.4, -0.2) is 21.9 Å². The van der Waals surface area contributed by atoms with Gasteiger partial charge in [-0.15, -0.1) is 0 Å². The Labute approximate surface area is 140 Å². The molecule has 1 aliphatic heterocycles. The van der Waals surface area contributed by atoms with Crippen molar-refractivity contribution in [2.75, 3.05) is 10.7 Å². The zero-order valence-corrected chi connectivity index (χ0v) is 14.2. The van der Waals surface area contributed by atoms with Gasteiger partial charge in [0.25, 0.3) is 0 Å².